The van der Waals surface area contributed by atoms with Crippen LogP contribution in [0.3, 0.4) is 0 Å². The molecule has 0 saturated heterocycles. The van der Waals surface area contributed by atoms with Gasteiger partial charge in [0.2, 0.25) is 5.76 Å². The molecular formula is C10H10O7S. The fourth-order valence-electron chi connectivity index (χ4n) is 1.13. The molecule has 0 aliphatic carbocycles. The van der Waals surface area contributed by atoms with Crippen LogP contribution >= 0.6 is 11.8 Å². The highest BCUT2D eigenvalue weighted by Crippen LogP contribution is 2.22. The van der Waals surface area contributed by atoms with Gasteiger partial charge in [0, 0.05) is 0 Å². The second-order valence-corrected chi connectivity index (χ2v) is 4.50. The van der Waals surface area contributed by atoms with E-state index in [2.05, 4.69) is 0 Å². The molecule has 1 aromatic rings. The monoisotopic (exact) mass is 274 g/mol. The van der Waals surface area contributed by atoms with Crippen LogP contribution in [0.5, 0.6) is 0 Å². The Balaban J connectivity index is 2.58. The van der Waals surface area contributed by atoms with Gasteiger partial charge in [-0.25, -0.2) is 4.79 Å². The number of aliphatic carboxylic acids is 2. The van der Waals surface area contributed by atoms with Gasteiger partial charge in [0.15, 0.2) is 0 Å². The predicted molar refractivity (Wildman–Crippen MR) is 60.6 cm³/mol. The van der Waals surface area contributed by atoms with Crippen molar-refractivity contribution in [3.8, 4) is 0 Å². The van der Waals surface area contributed by atoms with E-state index in [0.717, 1.165) is 11.8 Å². The highest BCUT2D eigenvalue weighted by molar-refractivity contribution is 7.99. The van der Waals surface area contributed by atoms with E-state index >= 15 is 0 Å². The minimum absolute atomic E-state index is 0.0948. The van der Waals surface area contributed by atoms with Crippen LogP contribution in [-0.4, -0.2) is 38.5 Å². The molecule has 18 heavy (non-hydrogen) atoms. The van der Waals surface area contributed by atoms with E-state index in [1.165, 1.54) is 12.1 Å². The minimum atomic E-state index is -1.23. The lowest BCUT2D eigenvalue weighted by atomic mass is 10.3. The molecule has 8 heteroatoms. The second-order valence-electron chi connectivity index (χ2n) is 3.31. The van der Waals surface area contributed by atoms with Crippen LogP contribution in [0.15, 0.2) is 16.5 Å². The number of carboxylic acids is 3. The Morgan fingerprint density at radius 1 is 1.22 bits per heavy atom. The zero-order chi connectivity index (χ0) is 13.7. The van der Waals surface area contributed by atoms with E-state index in [1.54, 1.807) is 0 Å². The minimum Gasteiger partial charge on any atom is -0.481 e. The van der Waals surface area contributed by atoms with Crippen LogP contribution in [0.25, 0.3) is 0 Å². The lowest BCUT2D eigenvalue weighted by molar-refractivity contribution is -0.142. The number of aromatic carboxylic acids is 1. The van der Waals surface area contributed by atoms with E-state index < -0.39 is 29.6 Å². The van der Waals surface area contributed by atoms with Gasteiger partial charge in [-0.15, -0.1) is 11.8 Å². The van der Waals surface area contributed by atoms with Gasteiger partial charge in [0.25, 0.3) is 0 Å². The van der Waals surface area contributed by atoms with E-state index in [1.807, 2.05) is 0 Å². The summed E-state index contributed by atoms with van der Waals surface area (Å²) in [5.41, 5.74) is 0. The SMILES string of the molecule is O=C(O)C[C@@H](SCc1ccc(C(=O)O)o1)C(=O)O. The summed E-state index contributed by atoms with van der Waals surface area (Å²) in [6.07, 6.45) is -0.507. The summed E-state index contributed by atoms with van der Waals surface area (Å²) in [5.74, 6) is -3.51. The van der Waals surface area contributed by atoms with Crippen LogP contribution in [0.1, 0.15) is 22.7 Å². The molecule has 7 nitrogen and oxygen atoms in total. The highest BCUT2D eigenvalue weighted by atomic mass is 32.2. The van der Waals surface area contributed by atoms with E-state index in [-0.39, 0.29) is 17.3 Å². The molecule has 0 radical (unpaired) electrons. The summed E-state index contributed by atoms with van der Waals surface area (Å²) in [5, 5.41) is 24.8. The number of carboxylic acid groups (broad SMARTS) is 3. The van der Waals surface area contributed by atoms with Crippen molar-refractivity contribution in [3.05, 3.63) is 23.7 Å². The van der Waals surface area contributed by atoms with Gasteiger partial charge in [-0.2, -0.15) is 0 Å². The molecule has 0 spiro atoms. The third-order valence-electron chi connectivity index (χ3n) is 1.93. The Hall–Kier alpha value is -1.96. The van der Waals surface area contributed by atoms with E-state index in [9.17, 15) is 14.4 Å². The quantitative estimate of drug-likeness (QED) is 0.675. The Bertz CT molecular complexity index is 465. The smallest absolute Gasteiger partial charge is 0.371 e. The molecule has 0 aliphatic heterocycles. The molecule has 0 aliphatic rings. The maximum absolute atomic E-state index is 10.8. The van der Waals surface area contributed by atoms with Crippen molar-refractivity contribution < 1.29 is 34.1 Å². The van der Waals surface area contributed by atoms with Crippen molar-refractivity contribution in [2.75, 3.05) is 0 Å². The zero-order valence-electron chi connectivity index (χ0n) is 9.03. The fourth-order valence-corrected chi connectivity index (χ4v) is 2.05. The Morgan fingerprint density at radius 3 is 2.33 bits per heavy atom. The largest absolute Gasteiger partial charge is 0.481 e. The third-order valence-corrected chi connectivity index (χ3v) is 3.16. The average molecular weight is 274 g/mol. The van der Waals surface area contributed by atoms with Crippen molar-refractivity contribution in [1.29, 1.82) is 0 Å². The maximum atomic E-state index is 10.8. The van der Waals surface area contributed by atoms with Crippen molar-refractivity contribution in [3.63, 3.8) is 0 Å². The van der Waals surface area contributed by atoms with Gasteiger partial charge in [0.1, 0.15) is 11.0 Å². The van der Waals surface area contributed by atoms with Crippen LogP contribution in [0.2, 0.25) is 0 Å². The first-order valence-electron chi connectivity index (χ1n) is 4.78. The molecule has 1 atom stereocenters. The first-order valence-corrected chi connectivity index (χ1v) is 5.83. The number of hydrogen-bond donors (Lipinski definition) is 3. The number of rotatable bonds is 7. The van der Waals surface area contributed by atoms with Gasteiger partial charge in [-0.05, 0) is 12.1 Å². The molecular weight excluding hydrogens is 264 g/mol. The van der Waals surface area contributed by atoms with Crippen molar-refractivity contribution in [2.45, 2.75) is 17.4 Å². The van der Waals surface area contributed by atoms with Crippen LogP contribution in [0.4, 0.5) is 0 Å². The normalized spacial score (nSPS) is 12.0. The third kappa shape index (κ3) is 4.13. The summed E-state index contributed by atoms with van der Waals surface area (Å²) in [6.45, 7) is 0. The Morgan fingerprint density at radius 2 is 1.89 bits per heavy atom. The fraction of sp³-hybridized carbons (Fsp3) is 0.300. The van der Waals surface area contributed by atoms with Gasteiger partial charge in [-0.1, -0.05) is 0 Å². The van der Waals surface area contributed by atoms with Crippen molar-refractivity contribution >= 4 is 29.7 Å². The zero-order valence-corrected chi connectivity index (χ0v) is 9.85. The Labute approximate surface area is 105 Å². The van der Waals surface area contributed by atoms with Crippen LogP contribution < -0.4 is 0 Å². The molecule has 0 bridgehead atoms. The van der Waals surface area contributed by atoms with Crippen molar-refractivity contribution in [1.82, 2.24) is 0 Å². The summed E-state index contributed by atoms with van der Waals surface area (Å²) in [6, 6.07) is 2.67. The lowest BCUT2D eigenvalue weighted by Crippen LogP contribution is -2.20. The predicted octanol–water partition coefficient (Wildman–Crippen LogP) is 1.14. The average Bonchev–Trinajstić information content (AvgIpc) is 2.72. The number of thioether (sulfide) groups is 1. The van der Waals surface area contributed by atoms with Crippen LogP contribution in [0, 0.1) is 0 Å². The Kier molecular flexibility index (Phi) is 4.78. The van der Waals surface area contributed by atoms with Gasteiger partial charge in [0.05, 0.1) is 12.2 Å². The number of furan rings is 1. The number of hydrogen-bond acceptors (Lipinski definition) is 5. The maximum Gasteiger partial charge on any atom is 0.371 e. The van der Waals surface area contributed by atoms with Crippen molar-refractivity contribution in [2.24, 2.45) is 0 Å². The topological polar surface area (TPSA) is 125 Å². The molecule has 0 unspecified atom stereocenters. The molecule has 0 aromatic carbocycles. The molecule has 0 saturated carbocycles. The van der Waals surface area contributed by atoms with Gasteiger partial charge < -0.3 is 19.7 Å². The number of carbonyl (C=O) groups is 3. The standard InChI is InChI=1S/C10H10O7S/c11-8(12)3-7(10(15)16)18-4-5-1-2-6(17-5)9(13)14/h1-2,7H,3-4H2,(H,11,12)(H,13,14)(H,15,16)/t7-/m1/s1. The summed E-state index contributed by atoms with van der Waals surface area (Å²) < 4.78 is 4.92. The molecule has 1 rings (SSSR count). The summed E-state index contributed by atoms with van der Waals surface area (Å²) in [7, 11) is 0. The molecule has 3 N–H and O–H groups in total. The molecule has 1 heterocycles. The first kappa shape index (κ1) is 14.1. The van der Waals surface area contributed by atoms with E-state index in [0.29, 0.717) is 0 Å². The molecule has 0 fully saturated rings. The first-order chi connectivity index (χ1) is 8.40. The lowest BCUT2D eigenvalue weighted by Gasteiger charge is -2.07. The molecule has 98 valence electrons. The van der Waals surface area contributed by atoms with E-state index in [4.69, 9.17) is 19.7 Å². The summed E-state index contributed by atoms with van der Waals surface area (Å²) >= 11 is 0.869. The van der Waals surface area contributed by atoms with Crippen LogP contribution in [-0.2, 0) is 15.3 Å². The second kappa shape index (κ2) is 6.10. The molecule has 0 amide bonds. The van der Waals surface area contributed by atoms with Gasteiger partial charge >= 0.3 is 17.9 Å². The van der Waals surface area contributed by atoms with Gasteiger partial charge in [-0.3, -0.25) is 9.59 Å². The highest BCUT2D eigenvalue weighted by Gasteiger charge is 2.22. The molecule has 1 aromatic heterocycles. The summed E-state index contributed by atoms with van der Waals surface area (Å²) in [4.78, 5) is 31.7.